The first-order valence-corrected chi connectivity index (χ1v) is 9.08. The Labute approximate surface area is 137 Å². The van der Waals surface area contributed by atoms with E-state index in [1.54, 1.807) is 0 Å². The lowest BCUT2D eigenvalue weighted by Gasteiger charge is -2.62. The minimum atomic E-state index is -0.579. The predicted octanol–water partition coefficient (Wildman–Crippen LogP) is 4.55. The molecule has 0 saturated heterocycles. The molecule has 0 aromatic carbocycles. The smallest absolute Gasteiger partial charge is 0.0653 e. The van der Waals surface area contributed by atoms with Crippen molar-refractivity contribution in [2.24, 2.45) is 28.6 Å². The van der Waals surface area contributed by atoms with E-state index in [4.69, 9.17) is 0 Å². The van der Waals surface area contributed by atoms with E-state index in [-0.39, 0.29) is 16.9 Å². The van der Waals surface area contributed by atoms with Gasteiger partial charge in [-0.2, -0.15) is 0 Å². The Morgan fingerprint density at radius 2 is 1.82 bits per heavy atom. The lowest BCUT2D eigenvalue weighted by atomic mass is 9.44. The van der Waals surface area contributed by atoms with Gasteiger partial charge in [0.25, 0.3) is 0 Å². The van der Waals surface area contributed by atoms with Gasteiger partial charge < -0.3 is 10.2 Å². The third-order valence-electron chi connectivity index (χ3n) is 7.31. The lowest BCUT2D eigenvalue weighted by Crippen LogP contribution is -2.60. The van der Waals surface area contributed by atoms with Gasteiger partial charge in [0, 0.05) is 0 Å². The molecule has 0 aliphatic heterocycles. The van der Waals surface area contributed by atoms with Gasteiger partial charge in [0.1, 0.15) is 0 Å². The normalized spacial score (nSPS) is 45.9. The van der Waals surface area contributed by atoms with Crippen LogP contribution < -0.4 is 0 Å². The SMILES string of the molecule is C=CC(C)CCC1C(C)(O)CCC2C(C)(C)C(O)CCC12C. The highest BCUT2D eigenvalue weighted by atomic mass is 16.3. The van der Waals surface area contributed by atoms with Gasteiger partial charge in [0.05, 0.1) is 11.7 Å². The zero-order chi connectivity index (χ0) is 16.8. The molecule has 2 rings (SSSR count). The summed E-state index contributed by atoms with van der Waals surface area (Å²) in [5, 5.41) is 21.6. The van der Waals surface area contributed by atoms with E-state index in [1.165, 1.54) is 0 Å². The Balaban J connectivity index is 2.29. The van der Waals surface area contributed by atoms with Gasteiger partial charge in [-0.15, -0.1) is 6.58 Å². The van der Waals surface area contributed by atoms with Gasteiger partial charge in [-0.3, -0.25) is 0 Å². The Morgan fingerprint density at radius 3 is 2.41 bits per heavy atom. The summed E-state index contributed by atoms with van der Waals surface area (Å²) in [6, 6.07) is 0. The lowest BCUT2D eigenvalue weighted by molar-refractivity contribution is -0.196. The largest absolute Gasteiger partial charge is 0.393 e. The van der Waals surface area contributed by atoms with E-state index in [0.717, 1.165) is 38.5 Å². The molecule has 6 unspecified atom stereocenters. The molecule has 2 saturated carbocycles. The molecule has 128 valence electrons. The van der Waals surface area contributed by atoms with Crippen LogP contribution in [0.4, 0.5) is 0 Å². The van der Waals surface area contributed by atoms with Crippen molar-refractivity contribution in [3.8, 4) is 0 Å². The molecule has 2 heteroatoms. The maximum absolute atomic E-state index is 11.1. The molecule has 0 radical (unpaired) electrons. The molecule has 0 heterocycles. The zero-order valence-electron chi connectivity index (χ0n) is 15.2. The highest BCUT2D eigenvalue weighted by Gasteiger charge is 2.59. The van der Waals surface area contributed by atoms with Crippen molar-refractivity contribution >= 4 is 0 Å². The summed E-state index contributed by atoms with van der Waals surface area (Å²) in [6.45, 7) is 15.0. The van der Waals surface area contributed by atoms with E-state index >= 15 is 0 Å². The number of rotatable bonds is 4. The zero-order valence-corrected chi connectivity index (χ0v) is 15.2. The number of fused-ring (bicyclic) bond motifs is 1. The van der Waals surface area contributed by atoms with E-state index in [1.807, 2.05) is 13.0 Å². The molecule has 2 fully saturated rings. The van der Waals surface area contributed by atoms with Crippen molar-refractivity contribution in [2.75, 3.05) is 0 Å². The molecule has 0 spiro atoms. The first-order valence-electron chi connectivity index (χ1n) is 9.08. The minimum Gasteiger partial charge on any atom is -0.393 e. The highest BCUT2D eigenvalue weighted by molar-refractivity contribution is 5.09. The van der Waals surface area contributed by atoms with Gasteiger partial charge in [0.15, 0.2) is 0 Å². The second-order valence-electron chi connectivity index (χ2n) is 9.17. The van der Waals surface area contributed by atoms with Crippen LogP contribution in [0.15, 0.2) is 12.7 Å². The summed E-state index contributed by atoms with van der Waals surface area (Å²) < 4.78 is 0. The van der Waals surface area contributed by atoms with Crippen molar-refractivity contribution < 1.29 is 10.2 Å². The predicted molar refractivity (Wildman–Crippen MR) is 92.6 cm³/mol. The summed E-state index contributed by atoms with van der Waals surface area (Å²) in [4.78, 5) is 0. The Morgan fingerprint density at radius 1 is 1.18 bits per heavy atom. The summed E-state index contributed by atoms with van der Waals surface area (Å²) in [6.07, 6.45) is 7.74. The van der Waals surface area contributed by atoms with Gasteiger partial charge in [-0.05, 0) is 74.0 Å². The maximum Gasteiger partial charge on any atom is 0.0653 e. The molecule has 0 aromatic rings. The second kappa shape index (κ2) is 5.94. The van der Waals surface area contributed by atoms with Crippen LogP contribution in [-0.4, -0.2) is 21.9 Å². The van der Waals surface area contributed by atoms with Crippen LogP contribution in [-0.2, 0) is 0 Å². The van der Waals surface area contributed by atoms with Crippen LogP contribution in [0.2, 0.25) is 0 Å². The fraction of sp³-hybridized carbons (Fsp3) is 0.900. The van der Waals surface area contributed by atoms with Gasteiger partial charge in [-0.1, -0.05) is 33.8 Å². The van der Waals surface area contributed by atoms with E-state index in [9.17, 15) is 10.2 Å². The Bertz CT molecular complexity index is 412. The average Bonchev–Trinajstić information content (AvgIpc) is 2.41. The molecule has 2 nitrogen and oxygen atoms in total. The molecule has 0 amide bonds. The number of hydrogen-bond donors (Lipinski definition) is 2. The van der Waals surface area contributed by atoms with Crippen LogP contribution in [0.1, 0.15) is 73.1 Å². The summed E-state index contributed by atoms with van der Waals surface area (Å²) in [5.41, 5.74) is -0.498. The monoisotopic (exact) mass is 308 g/mol. The van der Waals surface area contributed by atoms with Gasteiger partial charge >= 0.3 is 0 Å². The van der Waals surface area contributed by atoms with Crippen LogP contribution >= 0.6 is 0 Å². The Hall–Kier alpha value is -0.340. The van der Waals surface area contributed by atoms with E-state index in [0.29, 0.717) is 17.8 Å². The number of hydrogen-bond acceptors (Lipinski definition) is 2. The summed E-state index contributed by atoms with van der Waals surface area (Å²) >= 11 is 0. The van der Waals surface area contributed by atoms with Gasteiger partial charge in [-0.25, -0.2) is 0 Å². The summed E-state index contributed by atoms with van der Waals surface area (Å²) in [7, 11) is 0. The number of aliphatic hydroxyl groups is 2. The first kappa shape index (κ1) is 18.0. The number of aliphatic hydroxyl groups excluding tert-OH is 1. The van der Waals surface area contributed by atoms with Crippen molar-refractivity contribution in [1.29, 1.82) is 0 Å². The second-order valence-corrected chi connectivity index (χ2v) is 9.17. The third-order valence-corrected chi connectivity index (χ3v) is 7.31. The van der Waals surface area contributed by atoms with Crippen LogP contribution in [0.5, 0.6) is 0 Å². The van der Waals surface area contributed by atoms with Crippen molar-refractivity contribution in [1.82, 2.24) is 0 Å². The molecule has 2 aliphatic rings. The molecule has 0 bridgehead atoms. The van der Waals surface area contributed by atoms with E-state index in [2.05, 4.69) is 34.3 Å². The quantitative estimate of drug-likeness (QED) is 0.748. The standard InChI is InChI=1S/C20H36O2/c1-7-14(2)8-9-16-19(5)12-11-17(21)18(3,4)15(19)10-13-20(16,6)22/h7,14-17,21-22H,1,8-13H2,2-6H3. The molecule has 2 aliphatic carbocycles. The summed E-state index contributed by atoms with van der Waals surface area (Å²) in [5.74, 6) is 1.31. The Kier molecular flexibility index (Phi) is 4.86. The molecule has 6 atom stereocenters. The molecule has 0 aromatic heterocycles. The average molecular weight is 309 g/mol. The van der Waals surface area contributed by atoms with Crippen LogP contribution in [0.25, 0.3) is 0 Å². The van der Waals surface area contributed by atoms with Crippen LogP contribution in [0, 0.1) is 28.6 Å². The highest BCUT2D eigenvalue weighted by Crippen LogP contribution is 2.63. The maximum atomic E-state index is 11.1. The van der Waals surface area contributed by atoms with Crippen molar-refractivity contribution in [2.45, 2.75) is 84.8 Å². The van der Waals surface area contributed by atoms with Gasteiger partial charge in [0.2, 0.25) is 0 Å². The topological polar surface area (TPSA) is 40.5 Å². The third kappa shape index (κ3) is 2.89. The molecule has 22 heavy (non-hydrogen) atoms. The van der Waals surface area contributed by atoms with Crippen LogP contribution in [0.3, 0.4) is 0 Å². The molecular weight excluding hydrogens is 272 g/mol. The number of allylic oxidation sites excluding steroid dienone is 1. The fourth-order valence-corrected chi connectivity index (χ4v) is 5.70. The molecule has 2 N–H and O–H groups in total. The molecular formula is C20H36O2. The van der Waals surface area contributed by atoms with E-state index < -0.39 is 5.60 Å². The minimum absolute atomic E-state index is 0.0498. The fourth-order valence-electron chi connectivity index (χ4n) is 5.70. The van der Waals surface area contributed by atoms with Crippen molar-refractivity contribution in [3.63, 3.8) is 0 Å². The van der Waals surface area contributed by atoms with Crippen molar-refractivity contribution in [3.05, 3.63) is 12.7 Å². The first-order chi connectivity index (χ1) is 10.1.